The summed E-state index contributed by atoms with van der Waals surface area (Å²) in [6.07, 6.45) is 11.4. The van der Waals surface area contributed by atoms with Crippen LogP contribution in [0, 0.1) is 34.5 Å². The van der Waals surface area contributed by atoms with Crippen LogP contribution in [-0.4, -0.2) is 25.0 Å². The van der Waals surface area contributed by atoms with E-state index in [1.54, 1.807) is 0 Å². The minimum atomic E-state index is -0.0506. The van der Waals surface area contributed by atoms with Gasteiger partial charge in [0.15, 0.2) is 0 Å². The average molecular weight is 385 g/mol. The third-order valence-electron chi connectivity index (χ3n) is 9.31. The summed E-state index contributed by atoms with van der Waals surface area (Å²) in [6, 6.07) is 0. The van der Waals surface area contributed by atoms with Crippen LogP contribution in [0.1, 0.15) is 65.2 Å². The molecule has 3 saturated carbocycles. The second-order valence-corrected chi connectivity index (χ2v) is 10.7. The van der Waals surface area contributed by atoms with Gasteiger partial charge in [0, 0.05) is 30.0 Å². The molecule has 1 heterocycles. The van der Waals surface area contributed by atoms with Crippen LogP contribution in [0.4, 0.5) is 0 Å². The topological polar surface area (TPSA) is 50.4 Å². The van der Waals surface area contributed by atoms with Gasteiger partial charge >= 0.3 is 0 Å². The minimum Gasteiger partial charge on any atom is -0.314 e. The molecule has 4 nitrogen and oxygen atoms in total. The number of ketones is 1. The van der Waals surface area contributed by atoms with E-state index in [1.165, 1.54) is 24.1 Å². The van der Waals surface area contributed by atoms with Crippen molar-refractivity contribution in [2.24, 2.45) is 34.5 Å². The van der Waals surface area contributed by atoms with Gasteiger partial charge in [0.1, 0.15) is 5.78 Å². The van der Waals surface area contributed by atoms with Crippen molar-refractivity contribution in [2.75, 3.05) is 13.1 Å². The van der Waals surface area contributed by atoms with Gasteiger partial charge in [0.05, 0.1) is 6.10 Å². The first-order chi connectivity index (χ1) is 13.4. The van der Waals surface area contributed by atoms with E-state index in [2.05, 4.69) is 37.3 Å². The van der Waals surface area contributed by atoms with Crippen molar-refractivity contribution in [3.05, 3.63) is 23.9 Å². The monoisotopic (exact) mass is 384 g/mol. The van der Waals surface area contributed by atoms with Crippen molar-refractivity contribution in [1.29, 1.82) is 0 Å². The summed E-state index contributed by atoms with van der Waals surface area (Å²) >= 11 is 0. The molecule has 4 fully saturated rings. The summed E-state index contributed by atoms with van der Waals surface area (Å²) in [4.78, 5) is 18.5. The first-order valence-electron chi connectivity index (χ1n) is 11.5. The lowest BCUT2D eigenvalue weighted by molar-refractivity contribution is -0.133. The first-order valence-corrected chi connectivity index (χ1v) is 11.5. The van der Waals surface area contributed by atoms with Crippen LogP contribution >= 0.6 is 0 Å². The Labute approximate surface area is 169 Å². The number of carbonyl (C=O) groups excluding carboxylic acids is 1. The largest absolute Gasteiger partial charge is 0.314 e. The number of fused-ring (bicyclic) bond motifs is 5. The molecule has 4 heteroatoms. The van der Waals surface area contributed by atoms with Crippen LogP contribution in [0.25, 0.3) is 0 Å². The molecule has 0 radical (unpaired) electrons. The zero-order valence-electron chi connectivity index (χ0n) is 17.6. The normalized spacial score (nSPS) is 47.9. The highest BCUT2D eigenvalue weighted by molar-refractivity contribution is 5.87. The minimum absolute atomic E-state index is 0.0506. The van der Waals surface area contributed by atoms with Gasteiger partial charge in [-0.3, -0.25) is 15.1 Å². The second kappa shape index (κ2) is 6.70. The molecule has 28 heavy (non-hydrogen) atoms. The Bertz CT molecular complexity index is 709. The van der Waals surface area contributed by atoms with Gasteiger partial charge in [-0.05, 0) is 74.7 Å². The van der Waals surface area contributed by atoms with E-state index >= 15 is 0 Å². The number of carbonyl (C=O) groups is 1. The third-order valence-corrected chi connectivity index (χ3v) is 9.31. The lowest BCUT2D eigenvalue weighted by atomic mass is 9.45. The quantitative estimate of drug-likeness (QED) is 0.567. The van der Waals surface area contributed by atoms with E-state index in [0.717, 1.165) is 57.5 Å². The predicted octanol–water partition coefficient (Wildman–Crippen LogP) is 4.14. The number of hydrogen-bond acceptors (Lipinski definition) is 4. The molecule has 2 unspecified atom stereocenters. The average Bonchev–Trinajstić information content (AvgIpc) is 3.29. The summed E-state index contributed by atoms with van der Waals surface area (Å²) in [5, 5.41) is 3.35. The zero-order chi connectivity index (χ0) is 19.5. The van der Waals surface area contributed by atoms with Gasteiger partial charge < -0.3 is 5.32 Å². The molecule has 0 aromatic carbocycles. The summed E-state index contributed by atoms with van der Waals surface area (Å²) in [5.74, 6) is 2.93. The Balaban J connectivity index is 1.35. The fourth-order valence-electron chi connectivity index (χ4n) is 7.60. The van der Waals surface area contributed by atoms with Crippen LogP contribution < -0.4 is 10.8 Å². The molecule has 154 valence electrons. The first kappa shape index (κ1) is 18.9. The van der Waals surface area contributed by atoms with Crippen molar-refractivity contribution in [3.8, 4) is 0 Å². The fraction of sp³-hybridized carbons (Fsp3) is 0.792. The van der Waals surface area contributed by atoms with Crippen molar-refractivity contribution >= 4 is 5.78 Å². The summed E-state index contributed by atoms with van der Waals surface area (Å²) in [5.41, 5.74) is 6.15. The maximum Gasteiger partial charge on any atom is 0.139 e. The number of Topliss-reactive ketones (excluding diaryl/α,β-unsaturated/α-hetero) is 1. The number of hydroxylamine groups is 1. The van der Waals surface area contributed by atoms with Gasteiger partial charge in [-0.2, -0.15) is 0 Å². The van der Waals surface area contributed by atoms with Crippen LogP contribution in [-0.2, 0) is 9.63 Å². The summed E-state index contributed by atoms with van der Waals surface area (Å²) in [6.45, 7) is 11.3. The molecule has 2 N–H and O–H groups in total. The Morgan fingerprint density at radius 1 is 1.18 bits per heavy atom. The molecule has 0 amide bonds. The summed E-state index contributed by atoms with van der Waals surface area (Å²) in [7, 11) is 0. The Hall–Kier alpha value is -1.13. The van der Waals surface area contributed by atoms with Gasteiger partial charge in [0.2, 0.25) is 0 Å². The standard InChI is InChI=1S/C24H36N2O2/c1-15-12-18-19-4-5-22(27)24(19,3)10-7-20(18)23(2)9-6-16(13-21(15)23)26-28-17-8-11-25-14-17/h13,17-21,25-26H,1,4-12,14H2,2-3H3/t17?,18-,19-,20+,21?,23+,24-/m0/s1. The number of hydrogen-bond donors (Lipinski definition) is 2. The highest BCUT2D eigenvalue weighted by Crippen LogP contribution is 2.65. The molecule has 5 rings (SSSR count). The Morgan fingerprint density at radius 3 is 2.82 bits per heavy atom. The number of rotatable bonds is 3. The summed E-state index contributed by atoms with van der Waals surface area (Å²) < 4.78 is 0. The second-order valence-electron chi connectivity index (χ2n) is 10.7. The molecule has 1 saturated heterocycles. The maximum atomic E-state index is 12.6. The molecular weight excluding hydrogens is 348 g/mol. The van der Waals surface area contributed by atoms with E-state index < -0.39 is 0 Å². The number of allylic oxidation sites excluding steroid dienone is 3. The van der Waals surface area contributed by atoms with Crippen LogP contribution in [0.5, 0.6) is 0 Å². The lowest BCUT2D eigenvalue weighted by Gasteiger charge is -2.59. The number of nitrogens with one attached hydrogen (secondary N) is 2. The van der Waals surface area contributed by atoms with E-state index in [0.29, 0.717) is 23.5 Å². The van der Waals surface area contributed by atoms with Crippen LogP contribution in [0.15, 0.2) is 23.9 Å². The predicted molar refractivity (Wildman–Crippen MR) is 110 cm³/mol. The molecule has 7 atom stereocenters. The van der Waals surface area contributed by atoms with E-state index in [-0.39, 0.29) is 16.9 Å². The molecule has 1 aliphatic heterocycles. The highest BCUT2D eigenvalue weighted by Gasteiger charge is 2.60. The van der Waals surface area contributed by atoms with Crippen molar-refractivity contribution in [2.45, 2.75) is 71.3 Å². The van der Waals surface area contributed by atoms with Crippen molar-refractivity contribution in [3.63, 3.8) is 0 Å². The van der Waals surface area contributed by atoms with Gasteiger partial charge in [-0.25, -0.2) is 0 Å². The fourth-order valence-corrected chi connectivity index (χ4v) is 7.60. The van der Waals surface area contributed by atoms with Gasteiger partial charge in [-0.1, -0.05) is 32.1 Å². The lowest BCUT2D eigenvalue weighted by Crippen LogP contribution is -2.53. The molecule has 5 aliphatic rings. The van der Waals surface area contributed by atoms with Gasteiger partial charge in [0.25, 0.3) is 0 Å². The smallest absolute Gasteiger partial charge is 0.139 e. The molecular formula is C24H36N2O2. The zero-order valence-corrected chi connectivity index (χ0v) is 17.6. The van der Waals surface area contributed by atoms with Gasteiger partial charge in [-0.15, -0.1) is 0 Å². The molecule has 0 spiro atoms. The molecule has 0 bridgehead atoms. The van der Waals surface area contributed by atoms with Crippen LogP contribution in [0.2, 0.25) is 0 Å². The van der Waals surface area contributed by atoms with E-state index in [9.17, 15) is 4.79 Å². The van der Waals surface area contributed by atoms with E-state index in [1.807, 2.05) is 0 Å². The Morgan fingerprint density at radius 2 is 2.04 bits per heavy atom. The highest BCUT2D eigenvalue weighted by atomic mass is 16.7. The maximum absolute atomic E-state index is 12.6. The van der Waals surface area contributed by atoms with Crippen molar-refractivity contribution in [1.82, 2.24) is 10.8 Å². The van der Waals surface area contributed by atoms with Crippen LogP contribution in [0.3, 0.4) is 0 Å². The Kier molecular flexibility index (Phi) is 4.52. The van der Waals surface area contributed by atoms with Crippen molar-refractivity contribution < 1.29 is 9.63 Å². The third kappa shape index (κ3) is 2.74. The molecule has 0 aromatic heterocycles. The van der Waals surface area contributed by atoms with E-state index in [4.69, 9.17) is 4.84 Å². The molecule has 0 aromatic rings. The SMILES string of the molecule is C=C1C[C@@H]2[C@@H](CC[C@]3(C)C(=O)CC[C@@H]23)[C@@]2(C)CCC(NOC3CCNC3)=CC12. The molecule has 4 aliphatic carbocycles.